The van der Waals surface area contributed by atoms with Gasteiger partial charge in [-0.3, -0.25) is 4.79 Å². The standard InChI is InChI=1S/C18H19N3O4S/c1-2-12-25-16-10-8-15(9-11-16)13-19-21-18(22)14-20-26(23,24)17-6-4-3-5-7-17/h2-11,13,20H,1,12,14H2,(H,21,22)/b19-13-. The second-order valence-electron chi connectivity index (χ2n) is 5.10. The van der Waals surface area contributed by atoms with Crippen molar-refractivity contribution in [1.82, 2.24) is 10.1 Å². The van der Waals surface area contributed by atoms with Gasteiger partial charge in [-0.25, -0.2) is 18.6 Å². The van der Waals surface area contributed by atoms with Gasteiger partial charge < -0.3 is 4.74 Å². The summed E-state index contributed by atoms with van der Waals surface area (Å²) in [4.78, 5) is 11.8. The number of hydrogen-bond acceptors (Lipinski definition) is 5. The average Bonchev–Trinajstić information content (AvgIpc) is 2.66. The predicted octanol–water partition coefficient (Wildman–Crippen LogP) is 1.68. The number of nitrogens with one attached hydrogen (secondary N) is 2. The Labute approximate surface area is 152 Å². The summed E-state index contributed by atoms with van der Waals surface area (Å²) in [7, 11) is -3.73. The Hall–Kier alpha value is -2.97. The number of carbonyl (C=O) groups is 1. The van der Waals surface area contributed by atoms with Crippen LogP contribution in [0, 0.1) is 0 Å². The minimum absolute atomic E-state index is 0.0927. The van der Waals surface area contributed by atoms with E-state index in [-0.39, 0.29) is 4.90 Å². The molecule has 0 aromatic heterocycles. The van der Waals surface area contributed by atoms with Crippen molar-refractivity contribution in [3.05, 3.63) is 72.8 Å². The van der Waals surface area contributed by atoms with Crippen molar-refractivity contribution in [3.8, 4) is 5.75 Å². The highest BCUT2D eigenvalue weighted by Crippen LogP contribution is 2.10. The molecule has 0 atom stereocenters. The van der Waals surface area contributed by atoms with Crippen molar-refractivity contribution in [2.24, 2.45) is 5.10 Å². The maximum Gasteiger partial charge on any atom is 0.255 e. The van der Waals surface area contributed by atoms with Crippen molar-refractivity contribution in [3.63, 3.8) is 0 Å². The first-order valence-corrected chi connectivity index (χ1v) is 9.20. The molecule has 0 aliphatic rings. The summed E-state index contributed by atoms with van der Waals surface area (Å²) in [5, 5.41) is 3.79. The molecule has 0 spiro atoms. The molecule has 0 heterocycles. The van der Waals surface area contributed by atoms with Crippen LogP contribution < -0.4 is 14.9 Å². The van der Waals surface area contributed by atoms with E-state index in [1.54, 1.807) is 48.5 Å². The summed E-state index contributed by atoms with van der Waals surface area (Å²) < 4.78 is 31.6. The number of hydrogen-bond donors (Lipinski definition) is 2. The first-order chi connectivity index (χ1) is 12.5. The zero-order chi connectivity index (χ0) is 18.8. The molecule has 0 aliphatic heterocycles. The van der Waals surface area contributed by atoms with E-state index in [9.17, 15) is 13.2 Å². The van der Waals surface area contributed by atoms with Gasteiger partial charge in [-0.15, -0.1) is 0 Å². The number of sulfonamides is 1. The predicted molar refractivity (Wildman–Crippen MR) is 99.5 cm³/mol. The molecule has 1 amide bonds. The molecule has 136 valence electrons. The summed E-state index contributed by atoms with van der Waals surface area (Å²) in [6, 6.07) is 14.9. The lowest BCUT2D eigenvalue weighted by molar-refractivity contribution is -0.119. The Morgan fingerprint density at radius 3 is 2.46 bits per heavy atom. The van der Waals surface area contributed by atoms with E-state index in [0.717, 1.165) is 5.56 Å². The molecule has 0 radical (unpaired) electrons. The van der Waals surface area contributed by atoms with Gasteiger partial charge in [-0.1, -0.05) is 30.9 Å². The normalized spacial score (nSPS) is 11.2. The lowest BCUT2D eigenvalue weighted by Crippen LogP contribution is -2.34. The monoisotopic (exact) mass is 373 g/mol. The van der Waals surface area contributed by atoms with Crippen LogP contribution in [0.15, 0.2) is 77.2 Å². The molecule has 0 fully saturated rings. The summed E-state index contributed by atoms with van der Waals surface area (Å²) in [6.07, 6.45) is 3.10. The van der Waals surface area contributed by atoms with E-state index in [4.69, 9.17) is 4.74 Å². The van der Waals surface area contributed by atoms with Crippen molar-refractivity contribution in [1.29, 1.82) is 0 Å². The molecule has 0 saturated heterocycles. The van der Waals surface area contributed by atoms with Crippen molar-refractivity contribution < 1.29 is 17.9 Å². The van der Waals surface area contributed by atoms with Crippen molar-refractivity contribution in [2.45, 2.75) is 4.90 Å². The molecule has 2 aromatic carbocycles. The second-order valence-corrected chi connectivity index (χ2v) is 6.87. The SMILES string of the molecule is C=CCOc1ccc(/C=N\NC(=O)CNS(=O)(=O)c2ccccc2)cc1. The number of benzene rings is 2. The topological polar surface area (TPSA) is 96.9 Å². The Bertz CT molecular complexity index is 863. The smallest absolute Gasteiger partial charge is 0.255 e. The maximum absolute atomic E-state index is 12.0. The van der Waals surface area contributed by atoms with Crippen molar-refractivity contribution in [2.75, 3.05) is 13.2 Å². The minimum atomic E-state index is -3.73. The van der Waals surface area contributed by atoms with Crippen LogP contribution >= 0.6 is 0 Å². The van der Waals surface area contributed by atoms with Gasteiger partial charge in [-0.05, 0) is 42.0 Å². The summed E-state index contributed by atoms with van der Waals surface area (Å²) in [5.74, 6) is 0.119. The lowest BCUT2D eigenvalue weighted by Gasteiger charge is -2.05. The van der Waals surface area contributed by atoms with Crippen LogP contribution in [0.2, 0.25) is 0 Å². The van der Waals surface area contributed by atoms with E-state index in [1.807, 2.05) is 0 Å². The number of amides is 1. The molecule has 0 unspecified atom stereocenters. The minimum Gasteiger partial charge on any atom is -0.490 e. The quantitative estimate of drug-likeness (QED) is 0.397. The number of ether oxygens (including phenoxy) is 1. The molecule has 8 heteroatoms. The fourth-order valence-corrected chi connectivity index (χ4v) is 2.87. The number of carbonyl (C=O) groups excluding carboxylic acids is 1. The van der Waals surface area contributed by atoms with E-state index >= 15 is 0 Å². The van der Waals surface area contributed by atoms with Gasteiger partial charge in [-0.2, -0.15) is 5.10 Å². The van der Waals surface area contributed by atoms with Crippen LogP contribution in [-0.2, 0) is 14.8 Å². The van der Waals surface area contributed by atoms with Gasteiger partial charge in [0, 0.05) is 0 Å². The van der Waals surface area contributed by atoms with Gasteiger partial charge in [0.2, 0.25) is 10.0 Å². The van der Waals surface area contributed by atoms with Gasteiger partial charge in [0.15, 0.2) is 0 Å². The molecule has 2 N–H and O–H groups in total. The summed E-state index contributed by atoms with van der Waals surface area (Å²) >= 11 is 0. The molecule has 26 heavy (non-hydrogen) atoms. The molecule has 7 nitrogen and oxygen atoms in total. The van der Waals surface area contributed by atoms with E-state index < -0.39 is 22.5 Å². The molecular weight excluding hydrogens is 354 g/mol. The molecule has 2 aromatic rings. The molecule has 0 aliphatic carbocycles. The number of nitrogens with zero attached hydrogens (tertiary/aromatic N) is 1. The van der Waals surface area contributed by atoms with Crippen LogP contribution in [0.3, 0.4) is 0 Å². The first-order valence-electron chi connectivity index (χ1n) is 7.71. The zero-order valence-corrected chi connectivity index (χ0v) is 14.8. The largest absolute Gasteiger partial charge is 0.490 e. The zero-order valence-electron chi connectivity index (χ0n) is 14.0. The fraction of sp³-hybridized carbons (Fsp3) is 0.111. The van der Waals surface area contributed by atoms with Crippen molar-refractivity contribution >= 4 is 22.1 Å². The van der Waals surface area contributed by atoms with Crippen LogP contribution in [-0.4, -0.2) is 33.7 Å². The fourth-order valence-electron chi connectivity index (χ4n) is 1.87. The maximum atomic E-state index is 12.0. The van der Waals surface area contributed by atoms with Crippen LogP contribution in [0.4, 0.5) is 0 Å². The summed E-state index contributed by atoms with van der Waals surface area (Å²) in [5.41, 5.74) is 3.01. The average molecular weight is 373 g/mol. The van der Waals surface area contributed by atoms with Crippen LogP contribution in [0.25, 0.3) is 0 Å². The van der Waals surface area contributed by atoms with E-state index in [0.29, 0.717) is 12.4 Å². The highest BCUT2D eigenvalue weighted by Gasteiger charge is 2.14. The summed E-state index contributed by atoms with van der Waals surface area (Å²) in [6.45, 7) is 3.57. The molecule has 2 rings (SSSR count). The van der Waals surface area contributed by atoms with Gasteiger partial charge in [0.1, 0.15) is 12.4 Å². The third-order valence-corrected chi connectivity index (χ3v) is 4.54. The van der Waals surface area contributed by atoms with Gasteiger partial charge in [0.05, 0.1) is 17.7 Å². The Morgan fingerprint density at radius 1 is 1.12 bits per heavy atom. The Kier molecular flexibility index (Phi) is 7.07. The highest BCUT2D eigenvalue weighted by atomic mass is 32.2. The van der Waals surface area contributed by atoms with Gasteiger partial charge in [0.25, 0.3) is 5.91 Å². The Morgan fingerprint density at radius 2 is 1.81 bits per heavy atom. The second kappa shape index (κ2) is 9.50. The van der Waals surface area contributed by atoms with E-state index in [1.165, 1.54) is 18.3 Å². The van der Waals surface area contributed by atoms with Crippen LogP contribution in [0.5, 0.6) is 5.75 Å². The molecular formula is C18H19N3O4S. The van der Waals surface area contributed by atoms with E-state index in [2.05, 4.69) is 21.8 Å². The van der Waals surface area contributed by atoms with Gasteiger partial charge >= 0.3 is 0 Å². The third-order valence-electron chi connectivity index (χ3n) is 3.13. The lowest BCUT2D eigenvalue weighted by atomic mass is 10.2. The Balaban J connectivity index is 1.81. The molecule has 0 saturated carbocycles. The third kappa shape index (κ3) is 6.15. The molecule has 0 bridgehead atoms. The first kappa shape index (κ1) is 19.4. The van der Waals surface area contributed by atoms with Crippen LogP contribution in [0.1, 0.15) is 5.56 Å². The number of rotatable bonds is 9. The highest BCUT2D eigenvalue weighted by molar-refractivity contribution is 7.89. The number of hydrazone groups is 1.